The van der Waals surface area contributed by atoms with Crippen LogP contribution in [0.1, 0.15) is 18.5 Å². The molecule has 1 aromatic heterocycles. The number of aliphatic carboxylic acids is 2. The Morgan fingerprint density at radius 3 is 2.18 bits per heavy atom. The summed E-state index contributed by atoms with van der Waals surface area (Å²) in [6.45, 7) is 8.28. The molecule has 9 nitrogen and oxygen atoms in total. The molecule has 2 N–H and O–H groups in total. The van der Waals surface area contributed by atoms with Crippen molar-refractivity contribution in [1.29, 1.82) is 0 Å². The van der Waals surface area contributed by atoms with E-state index in [1.54, 1.807) is 0 Å². The van der Waals surface area contributed by atoms with E-state index in [0.29, 0.717) is 11.8 Å². The normalized spacial score (nSPS) is 24.0. The smallest absolute Gasteiger partial charge is 0.475 e. The van der Waals surface area contributed by atoms with Crippen LogP contribution in [-0.4, -0.2) is 97.1 Å². The highest BCUT2D eigenvalue weighted by Gasteiger charge is 2.50. The maximum Gasteiger partial charge on any atom is 0.490 e. The second kappa shape index (κ2) is 14.1. The zero-order valence-corrected chi connectivity index (χ0v) is 20.3. The molecule has 3 aliphatic rings. The van der Waals surface area contributed by atoms with Gasteiger partial charge in [0, 0.05) is 57.0 Å². The fourth-order valence-electron chi connectivity index (χ4n) is 4.33. The summed E-state index contributed by atoms with van der Waals surface area (Å²) in [5.74, 6) is -4.25. The average Bonchev–Trinajstić information content (AvgIpc) is 3.36. The van der Waals surface area contributed by atoms with Gasteiger partial charge < -0.3 is 24.4 Å². The van der Waals surface area contributed by atoms with Crippen molar-refractivity contribution in [3.63, 3.8) is 0 Å². The standard InChI is InChI=1S/C19H28N2O3.2C2HF3O2/c1-2-6-20-18(3-1)10-21-9-17-12-24-15-19(17,13-21)14-23-11-16-4-7-22-8-5-16;2*3-2(4,5)1(6)7/h1-3,6,16-17H,4-5,7-15H2;2*(H,6,7)/t17-,19-;;/m1../s1. The first kappa shape index (κ1) is 31.7. The van der Waals surface area contributed by atoms with E-state index in [2.05, 4.69) is 22.0 Å². The molecule has 0 bridgehead atoms. The first-order chi connectivity index (χ1) is 17.7. The number of alkyl halides is 6. The van der Waals surface area contributed by atoms with Crippen molar-refractivity contribution in [2.24, 2.45) is 17.3 Å². The fourth-order valence-corrected chi connectivity index (χ4v) is 4.33. The zero-order chi connectivity index (χ0) is 28.4. The molecule has 216 valence electrons. The van der Waals surface area contributed by atoms with Crippen LogP contribution in [0.2, 0.25) is 0 Å². The summed E-state index contributed by atoms with van der Waals surface area (Å²) in [5.41, 5.74) is 1.33. The van der Waals surface area contributed by atoms with Crippen LogP contribution in [0.15, 0.2) is 24.4 Å². The van der Waals surface area contributed by atoms with Gasteiger partial charge in [-0.15, -0.1) is 0 Å². The second-order valence-corrected chi connectivity index (χ2v) is 9.24. The van der Waals surface area contributed by atoms with Crippen LogP contribution in [0, 0.1) is 17.3 Å². The lowest BCUT2D eigenvalue weighted by molar-refractivity contribution is -0.193. The summed E-state index contributed by atoms with van der Waals surface area (Å²) in [6, 6.07) is 6.15. The molecule has 0 aromatic carbocycles. The SMILES string of the molecule is O=C(O)C(F)(F)F.O=C(O)C(F)(F)F.c1ccc(CN2C[C@@H]3COC[C@]3(COCC3CCOCC3)C2)nc1. The van der Waals surface area contributed by atoms with E-state index < -0.39 is 24.3 Å². The van der Waals surface area contributed by atoms with Gasteiger partial charge in [-0.1, -0.05) is 6.07 Å². The van der Waals surface area contributed by atoms with Gasteiger partial charge in [-0.2, -0.15) is 26.3 Å². The van der Waals surface area contributed by atoms with E-state index >= 15 is 0 Å². The zero-order valence-electron chi connectivity index (χ0n) is 20.3. The molecular formula is C23H30F6N2O7. The third kappa shape index (κ3) is 10.3. The molecule has 0 aliphatic carbocycles. The number of hydrogen-bond acceptors (Lipinski definition) is 7. The Hall–Kier alpha value is -2.49. The molecule has 0 spiro atoms. The number of aromatic nitrogens is 1. The van der Waals surface area contributed by atoms with Gasteiger partial charge in [0.1, 0.15) is 0 Å². The Balaban J connectivity index is 0.000000301. The summed E-state index contributed by atoms with van der Waals surface area (Å²) >= 11 is 0. The second-order valence-electron chi connectivity index (χ2n) is 9.24. The van der Waals surface area contributed by atoms with Crippen LogP contribution in [0.4, 0.5) is 26.3 Å². The molecule has 3 saturated heterocycles. The highest BCUT2D eigenvalue weighted by Crippen LogP contribution is 2.42. The molecule has 1 aromatic rings. The van der Waals surface area contributed by atoms with Crippen molar-refractivity contribution in [3.8, 4) is 0 Å². The van der Waals surface area contributed by atoms with E-state index in [4.69, 9.17) is 34.0 Å². The molecule has 3 fully saturated rings. The number of carboxylic acid groups (broad SMARTS) is 2. The number of fused-ring (bicyclic) bond motifs is 1. The van der Waals surface area contributed by atoms with Gasteiger partial charge in [-0.05, 0) is 30.9 Å². The van der Waals surface area contributed by atoms with Crippen molar-refractivity contribution in [2.75, 3.05) is 52.7 Å². The summed E-state index contributed by atoms with van der Waals surface area (Å²) < 4.78 is 80.9. The fraction of sp³-hybridized carbons (Fsp3) is 0.696. The number of carboxylic acids is 2. The van der Waals surface area contributed by atoms with Crippen molar-refractivity contribution in [1.82, 2.24) is 9.88 Å². The largest absolute Gasteiger partial charge is 0.490 e. The molecule has 4 rings (SSSR count). The van der Waals surface area contributed by atoms with Crippen molar-refractivity contribution in [2.45, 2.75) is 31.7 Å². The molecule has 4 heterocycles. The first-order valence-electron chi connectivity index (χ1n) is 11.7. The van der Waals surface area contributed by atoms with Gasteiger partial charge in [0.15, 0.2) is 0 Å². The van der Waals surface area contributed by atoms with Crippen LogP contribution in [0.5, 0.6) is 0 Å². The molecule has 0 unspecified atom stereocenters. The molecule has 0 radical (unpaired) electrons. The van der Waals surface area contributed by atoms with E-state index in [1.165, 1.54) is 0 Å². The third-order valence-electron chi connectivity index (χ3n) is 6.27. The Bertz CT molecular complexity index is 857. The van der Waals surface area contributed by atoms with Crippen LogP contribution < -0.4 is 0 Å². The number of carbonyl (C=O) groups is 2. The number of nitrogens with zero attached hydrogens (tertiary/aromatic N) is 2. The number of pyridine rings is 1. The Kier molecular flexibility index (Phi) is 11.7. The van der Waals surface area contributed by atoms with Crippen molar-refractivity contribution in [3.05, 3.63) is 30.1 Å². The van der Waals surface area contributed by atoms with Gasteiger partial charge >= 0.3 is 24.3 Å². The quantitative estimate of drug-likeness (QED) is 0.506. The number of hydrogen-bond donors (Lipinski definition) is 2. The molecule has 2 atom stereocenters. The third-order valence-corrected chi connectivity index (χ3v) is 6.27. The first-order valence-corrected chi connectivity index (χ1v) is 11.7. The van der Waals surface area contributed by atoms with Crippen LogP contribution >= 0.6 is 0 Å². The van der Waals surface area contributed by atoms with Gasteiger partial charge in [0.25, 0.3) is 0 Å². The summed E-state index contributed by atoms with van der Waals surface area (Å²) in [7, 11) is 0. The summed E-state index contributed by atoms with van der Waals surface area (Å²) in [5, 5.41) is 14.2. The molecule has 0 amide bonds. The maximum atomic E-state index is 10.6. The van der Waals surface area contributed by atoms with Crippen LogP contribution in [0.3, 0.4) is 0 Å². The van der Waals surface area contributed by atoms with Gasteiger partial charge in [-0.25, -0.2) is 9.59 Å². The Morgan fingerprint density at radius 1 is 1.05 bits per heavy atom. The van der Waals surface area contributed by atoms with Gasteiger partial charge in [0.2, 0.25) is 0 Å². The lowest BCUT2D eigenvalue weighted by atomic mass is 9.82. The minimum absolute atomic E-state index is 0.181. The topological polar surface area (TPSA) is 118 Å². The number of likely N-dealkylation sites (tertiary alicyclic amines) is 1. The molecule has 15 heteroatoms. The van der Waals surface area contributed by atoms with Crippen LogP contribution in [0.25, 0.3) is 0 Å². The minimum Gasteiger partial charge on any atom is -0.475 e. The molecule has 3 aliphatic heterocycles. The number of ether oxygens (including phenoxy) is 3. The van der Waals surface area contributed by atoms with E-state index in [1.807, 2.05) is 12.3 Å². The monoisotopic (exact) mass is 560 g/mol. The predicted octanol–water partition coefficient (Wildman–Crippen LogP) is 3.24. The highest BCUT2D eigenvalue weighted by molar-refractivity contribution is 5.73. The molecule has 0 saturated carbocycles. The molecular weight excluding hydrogens is 530 g/mol. The van der Waals surface area contributed by atoms with E-state index in [0.717, 1.165) is 77.8 Å². The predicted molar refractivity (Wildman–Crippen MR) is 118 cm³/mol. The Labute approximate surface area is 214 Å². The van der Waals surface area contributed by atoms with Gasteiger partial charge in [-0.3, -0.25) is 9.88 Å². The minimum atomic E-state index is -5.08. The van der Waals surface area contributed by atoms with Gasteiger partial charge in [0.05, 0.1) is 25.5 Å². The van der Waals surface area contributed by atoms with Crippen molar-refractivity contribution < 1.29 is 60.4 Å². The lowest BCUT2D eigenvalue weighted by Gasteiger charge is -2.29. The highest BCUT2D eigenvalue weighted by atomic mass is 19.4. The number of rotatable bonds is 6. The molecule has 38 heavy (non-hydrogen) atoms. The van der Waals surface area contributed by atoms with Crippen molar-refractivity contribution >= 4 is 11.9 Å². The average molecular weight is 560 g/mol. The van der Waals surface area contributed by atoms with E-state index in [9.17, 15) is 26.3 Å². The lowest BCUT2D eigenvalue weighted by Crippen LogP contribution is -2.36. The van der Waals surface area contributed by atoms with Crippen LogP contribution in [-0.2, 0) is 30.3 Å². The summed E-state index contributed by atoms with van der Waals surface area (Å²) in [4.78, 5) is 24.8. The Morgan fingerprint density at radius 2 is 1.66 bits per heavy atom. The number of halogens is 6. The van der Waals surface area contributed by atoms with E-state index in [-0.39, 0.29) is 5.41 Å². The maximum absolute atomic E-state index is 10.6. The summed E-state index contributed by atoms with van der Waals surface area (Å²) in [6.07, 6.45) is -6.01.